The molecule has 2 N–H and O–H groups in total. The summed E-state index contributed by atoms with van der Waals surface area (Å²) in [4.78, 5) is 10.6. The van der Waals surface area contributed by atoms with Gasteiger partial charge in [0.05, 0.1) is 12.0 Å². The van der Waals surface area contributed by atoms with Gasteiger partial charge in [-0.2, -0.15) is 4.72 Å². The second kappa shape index (κ2) is 6.67. The van der Waals surface area contributed by atoms with Crippen molar-refractivity contribution >= 4 is 16.0 Å². The van der Waals surface area contributed by atoms with Crippen LogP contribution in [0.25, 0.3) is 0 Å². The van der Waals surface area contributed by atoms with E-state index in [2.05, 4.69) is 4.74 Å². The third kappa shape index (κ3) is 3.91. The normalized spacial score (nSPS) is 12.9. The number of rotatable bonds is 7. The van der Waals surface area contributed by atoms with Gasteiger partial charge >= 0.3 is 5.97 Å². The number of sulfonamides is 1. The number of nitrogens with one attached hydrogen (secondary N) is 1. The standard InChI is InChI=1S/C12H16FNO5S/c1-3-4-10(12(15)16)14-20(17,18)8-5-6-11(19-2)9(13)7-8/h5-7,10,14H,3-4H2,1-2H3,(H,15,16)/t10-/m1/s1. The Balaban J connectivity index is 3.04. The van der Waals surface area contributed by atoms with Crippen molar-refractivity contribution in [3.8, 4) is 5.75 Å². The van der Waals surface area contributed by atoms with Crippen molar-refractivity contribution in [2.75, 3.05) is 7.11 Å². The Morgan fingerprint density at radius 1 is 1.50 bits per heavy atom. The molecule has 0 aliphatic carbocycles. The van der Waals surface area contributed by atoms with Gasteiger partial charge in [0.15, 0.2) is 11.6 Å². The summed E-state index contributed by atoms with van der Waals surface area (Å²) in [6, 6.07) is 1.86. The quantitative estimate of drug-likeness (QED) is 0.793. The number of carbonyl (C=O) groups is 1. The first-order valence-electron chi connectivity index (χ1n) is 5.90. The molecule has 112 valence electrons. The van der Waals surface area contributed by atoms with Crippen LogP contribution in [0, 0.1) is 5.82 Å². The fourth-order valence-corrected chi connectivity index (χ4v) is 2.83. The summed E-state index contributed by atoms with van der Waals surface area (Å²) >= 11 is 0. The Kier molecular flexibility index (Phi) is 5.46. The van der Waals surface area contributed by atoms with Gasteiger partial charge in [-0.15, -0.1) is 0 Å². The third-order valence-electron chi connectivity index (χ3n) is 2.61. The minimum absolute atomic E-state index is 0.0905. The maximum absolute atomic E-state index is 13.5. The van der Waals surface area contributed by atoms with Crippen LogP contribution >= 0.6 is 0 Å². The monoisotopic (exact) mass is 305 g/mol. The number of hydrogen-bond acceptors (Lipinski definition) is 4. The van der Waals surface area contributed by atoms with Crippen LogP contribution < -0.4 is 9.46 Å². The second-order valence-corrected chi connectivity index (χ2v) is 5.81. The number of halogens is 1. The molecule has 1 atom stereocenters. The molecular formula is C12H16FNO5S. The molecule has 0 radical (unpaired) electrons. The van der Waals surface area contributed by atoms with Crippen molar-refractivity contribution in [3.63, 3.8) is 0 Å². The van der Waals surface area contributed by atoms with Crippen molar-refractivity contribution in [3.05, 3.63) is 24.0 Å². The van der Waals surface area contributed by atoms with Gasteiger partial charge in [0, 0.05) is 0 Å². The summed E-state index contributed by atoms with van der Waals surface area (Å²) in [6.45, 7) is 1.73. The van der Waals surface area contributed by atoms with E-state index in [0.29, 0.717) is 6.42 Å². The zero-order valence-electron chi connectivity index (χ0n) is 11.1. The van der Waals surface area contributed by atoms with E-state index in [9.17, 15) is 17.6 Å². The Bertz CT molecular complexity index is 588. The SMILES string of the molecule is CCC[C@@H](NS(=O)(=O)c1ccc(OC)c(F)c1)C(=O)O. The van der Waals surface area contributed by atoms with E-state index in [-0.39, 0.29) is 17.1 Å². The Hall–Kier alpha value is -1.67. The average Bonchev–Trinajstić information content (AvgIpc) is 2.37. The number of methoxy groups -OCH3 is 1. The molecule has 1 aromatic rings. The van der Waals surface area contributed by atoms with Gasteiger partial charge in [0.25, 0.3) is 0 Å². The molecule has 0 amide bonds. The number of hydrogen-bond donors (Lipinski definition) is 2. The number of carboxylic acids is 1. The molecule has 6 nitrogen and oxygen atoms in total. The van der Waals surface area contributed by atoms with Crippen LogP contribution in [0.4, 0.5) is 4.39 Å². The van der Waals surface area contributed by atoms with E-state index in [1.807, 2.05) is 4.72 Å². The molecular weight excluding hydrogens is 289 g/mol. The second-order valence-electron chi connectivity index (χ2n) is 4.10. The third-order valence-corrected chi connectivity index (χ3v) is 4.08. The van der Waals surface area contributed by atoms with Crippen molar-refractivity contribution in [1.29, 1.82) is 0 Å². The van der Waals surface area contributed by atoms with Crippen molar-refractivity contribution < 1.29 is 27.4 Å². The predicted molar refractivity (Wildman–Crippen MR) is 69.6 cm³/mol. The van der Waals surface area contributed by atoms with E-state index in [1.165, 1.54) is 13.2 Å². The van der Waals surface area contributed by atoms with Gasteiger partial charge in [-0.25, -0.2) is 12.8 Å². The van der Waals surface area contributed by atoms with Crippen molar-refractivity contribution in [2.45, 2.75) is 30.7 Å². The number of carboxylic acid groups (broad SMARTS) is 1. The molecule has 8 heteroatoms. The lowest BCUT2D eigenvalue weighted by molar-refractivity contribution is -0.139. The minimum atomic E-state index is -4.10. The van der Waals surface area contributed by atoms with Crippen LogP contribution in [0.1, 0.15) is 19.8 Å². The minimum Gasteiger partial charge on any atom is -0.494 e. The Morgan fingerprint density at radius 3 is 2.60 bits per heavy atom. The lowest BCUT2D eigenvalue weighted by Gasteiger charge is -2.14. The molecule has 0 saturated carbocycles. The summed E-state index contributed by atoms with van der Waals surface area (Å²) in [7, 11) is -2.84. The lowest BCUT2D eigenvalue weighted by Crippen LogP contribution is -2.40. The highest BCUT2D eigenvalue weighted by molar-refractivity contribution is 7.89. The molecule has 0 aliphatic heterocycles. The highest BCUT2D eigenvalue weighted by Gasteiger charge is 2.25. The van der Waals surface area contributed by atoms with E-state index in [0.717, 1.165) is 12.1 Å². The molecule has 0 aromatic heterocycles. The maximum Gasteiger partial charge on any atom is 0.321 e. The molecule has 0 spiro atoms. The molecule has 1 rings (SSSR count). The zero-order chi connectivity index (χ0) is 15.3. The van der Waals surface area contributed by atoms with Crippen LogP contribution in [-0.4, -0.2) is 32.6 Å². The fraction of sp³-hybridized carbons (Fsp3) is 0.417. The van der Waals surface area contributed by atoms with Gasteiger partial charge in [-0.05, 0) is 24.6 Å². The van der Waals surface area contributed by atoms with Gasteiger partial charge < -0.3 is 9.84 Å². The van der Waals surface area contributed by atoms with Gasteiger partial charge in [0.2, 0.25) is 10.0 Å². The summed E-state index contributed by atoms with van der Waals surface area (Å²) in [6.07, 6.45) is 0.643. The molecule has 0 fully saturated rings. The Morgan fingerprint density at radius 2 is 2.15 bits per heavy atom. The molecule has 1 aromatic carbocycles. The lowest BCUT2D eigenvalue weighted by atomic mass is 10.2. The highest BCUT2D eigenvalue weighted by Crippen LogP contribution is 2.20. The molecule has 0 heterocycles. The van der Waals surface area contributed by atoms with Crippen LogP contribution in [0.5, 0.6) is 5.75 Å². The van der Waals surface area contributed by atoms with Crippen LogP contribution in [0.2, 0.25) is 0 Å². The molecule has 20 heavy (non-hydrogen) atoms. The van der Waals surface area contributed by atoms with Gasteiger partial charge in [-0.3, -0.25) is 4.79 Å². The van der Waals surface area contributed by atoms with E-state index >= 15 is 0 Å². The first-order valence-corrected chi connectivity index (χ1v) is 7.38. The van der Waals surface area contributed by atoms with E-state index in [4.69, 9.17) is 5.11 Å². The highest BCUT2D eigenvalue weighted by atomic mass is 32.2. The van der Waals surface area contributed by atoms with Gasteiger partial charge in [0.1, 0.15) is 6.04 Å². The molecule has 0 unspecified atom stereocenters. The Labute approximate surface area is 116 Å². The van der Waals surface area contributed by atoms with Crippen LogP contribution in [0.3, 0.4) is 0 Å². The van der Waals surface area contributed by atoms with Gasteiger partial charge in [-0.1, -0.05) is 13.3 Å². The summed E-state index contributed by atoms with van der Waals surface area (Å²) in [5.41, 5.74) is 0. The largest absolute Gasteiger partial charge is 0.494 e. The van der Waals surface area contributed by atoms with Crippen LogP contribution in [-0.2, 0) is 14.8 Å². The predicted octanol–water partition coefficient (Wildman–Crippen LogP) is 1.37. The molecule has 0 saturated heterocycles. The van der Waals surface area contributed by atoms with E-state index in [1.54, 1.807) is 6.92 Å². The zero-order valence-corrected chi connectivity index (χ0v) is 11.9. The number of ether oxygens (including phenoxy) is 1. The smallest absolute Gasteiger partial charge is 0.321 e. The van der Waals surface area contributed by atoms with E-state index < -0.39 is 27.9 Å². The first kappa shape index (κ1) is 16.4. The fourth-order valence-electron chi connectivity index (χ4n) is 1.59. The van der Waals surface area contributed by atoms with Crippen molar-refractivity contribution in [2.24, 2.45) is 0 Å². The van der Waals surface area contributed by atoms with Crippen LogP contribution in [0.15, 0.2) is 23.1 Å². The maximum atomic E-state index is 13.5. The van der Waals surface area contributed by atoms with Crippen molar-refractivity contribution in [1.82, 2.24) is 4.72 Å². The topological polar surface area (TPSA) is 92.7 Å². The summed E-state index contributed by atoms with van der Waals surface area (Å²) in [5.74, 6) is -2.20. The number of aliphatic carboxylic acids is 1. The number of benzene rings is 1. The first-order chi connectivity index (χ1) is 9.31. The summed E-state index contributed by atoms with van der Waals surface area (Å²) < 4.78 is 44.2. The summed E-state index contributed by atoms with van der Waals surface area (Å²) in [5, 5.41) is 8.93. The average molecular weight is 305 g/mol. The molecule has 0 aliphatic rings. The molecule has 0 bridgehead atoms.